The van der Waals surface area contributed by atoms with E-state index >= 15 is 0 Å². The third kappa shape index (κ3) is 4.56. The summed E-state index contributed by atoms with van der Waals surface area (Å²) in [6, 6.07) is 8.00. The van der Waals surface area contributed by atoms with E-state index in [1.807, 2.05) is 35.5 Å². The zero-order valence-corrected chi connectivity index (χ0v) is 17.5. The lowest BCUT2D eigenvalue weighted by Crippen LogP contribution is -2.51. The summed E-state index contributed by atoms with van der Waals surface area (Å²) in [6.07, 6.45) is 6.08. The van der Waals surface area contributed by atoms with Crippen molar-refractivity contribution in [2.45, 2.75) is 19.8 Å². The molecule has 0 atom stereocenters. The van der Waals surface area contributed by atoms with Crippen molar-refractivity contribution in [3.05, 3.63) is 36.7 Å². The number of hydrogen-bond acceptors (Lipinski definition) is 5. The van der Waals surface area contributed by atoms with Gasteiger partial charge in [-0.3, -0.25) is 14.3 Å². The predicted octanol–water partition coefficient (Wildman–Crippen LogP) is 2.26. The van der Waals surface area contributed by atoms with Crippen LogP contribution in [0.15, 0.2) is 36.7 Å². The molecule has 156 valence electrons. The highest BCUT2D eigenvalue weighted by Crippen LogP contribution is 2.23. The molecule has 0 unspecified atom stereocenters. The van der Waals surface area contributed by atoms with Gasteiger partial charge in [0.2, 0.25) is 11.9 Å². The highest BCUT2D eigenvalue weighted by molar-refractivity contribution is 5.78. The number of amides is 1. The highest BCUT2D eigenvalue weighted by atomic mass is 16.5. The molecule has 2 aromatic rings. The van der Waals surface area contributed by atoms with Gasteiger partial charge in [-0.15, -0.1) is 0 Å². The summed E-state index contributed by atoms with van der Waals surface area (Å²) in [5.74, 6) is 2.80. The van der Waals surface area contributed by atoms with Crippen LogP contribution in [-0.4, -0.2) is 78.2 Å². The number of methoxy groups -OCH3 is 1. The lowest BCUT2D eigenvalue weighted by atomic mass is 9.99. The van der Waals surface area contributed by atoms with Crippen LogP contribution in [0.5, 0.6) is 5.75 Å². The Labute approximate surface area is 172 Å². The number of carbonyl (C=O) groups is 1. The Morgan fingerprint density at radius 2 is 1.90 bits per heavy atom. The topological polar surface area (TPSA) is 53.8 Å². The first-order valence-electron chi connectivity index (χ1n) is 10.6. The average molecular weight is 398 g/mol. The largest absolute Gasteiger partial charge is 0.497 e. The molecule has 0 N–H and O–H groups in total. The van der Waals surface area contributed by atoms with Gasteiger partial charge >= 0.3 is 0 Å². The first-order valence-corrected chi connectivity index (χ1v) is 10.6. The molecule has 2 aliphatic rings. The lowest BCUT2D eigenvalue weighted by molar-refractivity contribution is -0.133. The minimum absolute atomic E-state index is 0.281. The normalized spacial score (nSPS) is 18.8. The maximum atomic E-state index is 12.6. The molecular formula is C22H31N5O2. The number of nitrogens with zero attached hydrogens (tertiary/aromatic N) is 5. The SMILES string of the molecule is COc1cccc(-n2ccnc2N2CCN(CC(=O)N3CCC(C)CC3)CC2)c1. The Balaban J connectivity index is 1.34. The van der Waals surface area contributed by atoms with Crippen molar-refractivity contribution in [3.63, 3.8) is 0 Å². The molecule has 0 radical (unpaired) electrons. The van der Waals surface area contributed by atoms with Crippen molar-refractivity contribution >= 4 is 11.9 Å². The zero-order chi connectivity index (χ0) is 20.2. The molecular weight excluding hydrogens is 366 g/mol. The molecule has 0 spiro atoms. The predicted molar refractivity (Wildman–Crippen MR) is 114 cm³/mol. The maximum absolute atomic E-state index is 12.6. The smallest absolute Gasteiger partial charge is 0.236 e. The van der Waals surface area contributed by atoms with Crippen molar-refractivity contribution in [2.24, 2.45) is 5.92 Å². The van der Waals surface area contributed by atoms with Gasteiger partial charge in [-0.2, -0.15) is 0 Å². The van der Waals surface area contributed by atoms with Crippen molar-refractivity contribution in [3.8, 4) is 11.4 Å². The summed E-state index contributed by atoms with van der Waals surface area (Å²) < 4.78 is 7.45. The first-order chi connectivity index (χ1) is 14.1. The number of anilines is 1. The van der Waals surface area contributed by atoms with Crippen LogP contribution in [0.2, 0.25) is 0 Å². The number of piperidine rings is 1. The molecule has 1 aromatic heterocycles. The second kappa shape index (κ2) is 8.86. The fourth-order valence-corrected chi connectivity index (χ4v) is 4.15. The van der Waals surface area contributed by atoms with Gasteiger partial charge in [-0.25, -0.2) is 4.98 Å². The van der Waals surface area contributed by atoms with Gasteiger partial charge < -0.3 is 14.5 Å². The van der Waals surface area contributed by atoms with E-state index in [1.54, 1.807) is 7.11 Å². The minimum atomic E-state index is 0.281. The molecule has 1 amide bonds. The Hall–Kier alpha value is -2.54. The third-order valence-electron chi connectivity index (χ3n) is 6.10. The van der Waals surface area contributed by atoms with Crippen LogP contribution in [0.4, 0.5) is 5.95 Å². The molecule has 0 aliphatic carbocycles. The van der Waals surface area contributed by atoms with E-state index in [1.165, 1.54) is 0 Å². The molecule has 29 heavy (non-hydrogen) atoms. The molecule has 2 aliphatic heterocycles. The third-order valence-corrected chi connectivity index (χ3v) is 6.10. The number of likely N-dealkylation sites (tertiary alicyclic amines) is 1. The van der Waals surface area contributed by atoms with E-state index < -0.39 is 0 Å². The minimum Gasteiger partial charge on any atom is -0.497 e. The van der Waals surface area contributed by atoms with Crippen LogP contribution < -0.4 is 9.64 Å². The number of imidazole rings is 1. The van der Waals surface area contributed by atoms with Gasteiger partial charge in [-0.05, 0) is 30.9 Å². The number of hydrogen-bond donors (Lipinski definition) is 0. The molecule has 3 heterocycles. The summed E-state index contributed by atoms with van der Waals surface area (Å²) >= 11 is 0. The number of piperazine rings is 1. The van der Waals surface area contributed by atoms with E-state index in [9.17, 15) is 4.79 Å². The number of ether oxygens (including phenoxy) is 1. The maximum Gasteiger partial charge on any atom is 0.236 e. The average Bonchev–Trinajstić information content (AvgIpc) is 3.25. The van der Waals surface area contributed by atoms with E-state index in [2.05, 4.69) is 32.3 Å². The number of aromatic nitrogens is 2. The van der Waals surface area contributed by atoms with Crippen LogP contribution in [0.1, 0.15) is 19.8 Å². The van der Waals surface area contributed by atoms with Crippen molar-refractivity contribution in [1.29, 1.82) is 0 Å². The standard InChI is InChI=1S/C22H31N5O2/c1-18-6-9-25(10-7-18)21(28)17-24-12-14-26(15-13-24)22-23-8-11-27(22)19-4-3-5-20(16-19)29-2/h3-5,8,11,16,18H,6-7,9-10,12-15,17H2,1-2H3. The second-order valence-corrected chi connectivity index (χ2v) is 8.13. The summed E-state index contributed by atoms with van der Waals surface area (Å²) in [5.41, 5.74) is 1.04. The van der Waals surface area contributed by atoms with Crippen LogP contribution >= 0.6 is 0 Å². The molecule has 2 fully saturated rings. The van der Waals surface area contributed by atoms with Gasteiger partial charge in [0.1, 0.15) is 5.75 Å². The van der Waals surface area contributed by atoms with Crippen molar-refractivity contribution in [2.75, 3.05) is 57.8 Å². The van der Waals surface area contributed by atoms with E-state index in [0.717, 1.165) is 75.4 Å². The van der Waals surface area contributed by atoms with Gasteiger partial charge in [-0.1, -0.05) is 13.0 Å². The fraction of sp³-hybridized carbons (Fsp3) is 0.545. The van der Waals surface area contributed by atoms with Crippen LogP contribution in [0.3, 0.4) is 0 Å². The second-order valence-electron chi connectivity index (χ2n) is 8.13. The molecule has 0 saturated carbocycles. The first kappa shape index (κ1) is 19.8. The van der Waals surface area contributed by atoms with Gasteiger partial charge in [0.15, 0.2) is 0 Å². The van der Waals surface area contributed by atoms with Gasteiger partial charge in [0, 0.05) is 57.7 Å². The Bertz CT molecular complexity index is 820. The lowest BCUT2D eigenvalue weighted by Gasteiger charge is -2.37. The molecule has 2 saturated heterocycles. The molecule has 7 nitrogen and oxygen atoms in total. The Kier molecular flexibility index (Phi) is 6.04. The highest BCUT2D eigenvalue weighted by Gasteiger charge is 2.25. The van der Waals surface area contributed by atoms with Gasteiger partial charge in [0.25, 0.3) is 0 Å². The van der Waals surface area contributed by atoms with E-state index in [-0.39, 0.29) is 5.91 Å². The molecule has 1 aromatic carbocycles. The Morgan fingerprint density at radius 1 is 1.14 bits per heavy atom. The summed E-state index contributed by atoms with van der Waals surface area (Å²) in [5, 5.41) is 0. The molecule has 0 bridgehead atoms. The van der Waals surface area contributed by atoms with Crippen molar-refractivity contribution in [1.82, 2.24) is 19.4 Å². The van der Waals surface area contributed by atoms with Crippen LogP contribution in [0, 0.1) is 5.92 Å². The summed E-state index contributed by atoms with van der Waals surface area (Å²) in [6.45, 7) is 8.12. The monoisotopic (exact) mass is 397 g/mol. The number of benzene rings is 1. The summed E-state index contributed by atoms with van der Waals surface area (Å²) in [4.78, 5) is 23.8. The Morgan fingerprint density at radius 3 is 2.62 bits per heavy atom. The van der Waals surface area contributed by atoms with E-state index in [0.29, 0.717) is 6.54 Å². The van der Waals surface area contributed by atoms with Crippen LogP contribution in [0.25, 0.3) is 5.69 Å². The molecule has 4 rings (SSSR count). The number of carbonyl (C=O) groups excluding carboxylic acids is 1. The van der Waals surface area contributed by atoms with Gasteiger partial charge in [0.05, 0.1) is 19.3 Å². The number of rotatable bonds is 5. The van der Waals surface area contributed by atoms with Crippen LogP contribution in [-0.2, 0) is 4.79 Å². The summed E-state index contributed by atoms with van der Waals surface area (Å²) in [7, 11) is 1.68. The van der Waals surface area contributed by atoms with E-state index in [4.69, 9.17) is 4.74 Å². The molecule has 7 heteroatoms. The fourth-order valence-electron chi connectivity index (χ4n) is 4.15. The van der Waals surface area contributed by atoms with Crippen molar-refractivity contribution < 1.29 is 9.53 Å². The zero-order valence-electron chi connectivity index (χ0n) is 17.5. The quantitative estimate of drug-likeness (QED) is 0.775.